The molecule has 6 nitrogen and oxygen atoms in total. The quantitative estimate of drug-likeness (QED) is 0.558. The highest BCUT2D eigenvalue weighted by atomic mass is 19.1. The van der Waals surface area contributed by atoms with Crippen LogP contribution in [0.15, 0.2) is 66.1 Å². The van der Waals surface area contributed by atoms with Crippen LogP contribution in [0.1, 0.15) is 5.56 Å². The van der Waals surface area contributed by atoms with Crippen LogP contribution in [0.25, 0.3) is 22.0 Å². The lowest BCUT2D eigenvalue weighted by Gasteiger charge is -2.10. The van der Waals surface area contributed by atoms with Gasteiger partial charge in [-0.3, -0.25) is 14.3 Å². The van der Waals surface area contributed by atoms with Crippen LogP contribution in [-0.2, 0) is 6.54 Å². The number of hydrogen-bond acceptors (Lipinski definition) is 5. The zero-order valence-corrected chi connectivity index (χ0v) is 14.5. The van der Waals surface area contributed by atoms with Crippen LogP contribution in [0.2, 0.25) is 0 Å². The Labute approximate surface area is 153 Å². The van der Waals surface area contributed by atoms with E-state index in [1.807, 2.05) is 0 Å². The van der Waals surface area contributed by atoms with Gasteiger partial charge in [0.15, 0.2) is 0 Å². The Morgan fingerprint density at radius 3 is 2.74 bits per heavy atom. The predicted molar refractivity (Wildman–Crippen MR) is 99.1 cm³/mol. The molecule has 134 valence electrons. The summed E-state index contributed by atoms with van der Waals surface area (Å²) in [6, 6.07) is 10.0. The summed E-state index contributed by atoms with van der Waals surface area (Å²) in [7, 11) is 1.53. The first-order valence-electron chi connectivity index (χ1n) is 8.24. The summed E-state index contributed by atoms with van der Waals surface area (Å²) >= 11 is 0. The molecule has 3 heterocycles. The molecule has 0 unspecified atom stereocenters. The average Bonchev–Trinajstić information content (AvgIpc) is 2.71. The van der Waals surface area contributed by atoms with E-state index in [9.17, 15) is 9.18 Å². The Balaban J connectivity index is 1.67. The van der Waals surface area contributed by atoms with Gasteiger partial charge < -0.3 is 4.74 Å². The smallest absolute Gasteiger partial charge is 0.261 e. The third-order valence-electron chi connectivity index (χ3n) is 4.30. The number of fused-ring (bicyclic) bond motifs is 1. The number of methoxy groups -OCH3 is 1. The highest BCUT2D eigenvalue weighted by Crippen LogP contribution is 2.24. The van der Waals surface area contributed by atoms with Crippen LogP contribution in [0.3, 0.4) is 0 Å². The topological polar surface area (TPSA) is 69.9 Å². The molecule has 0 aliphatic heterocycles. The third kappa shape index (κ3) is 3.27. The largest absolute Gasteiger partial charge is 0.481 e. The SMILES string of the molecule is COc1cc(-c2ccc(Cn3cnc4cnccc4c3=O)c(F)c2)ccn1. The molecule has 0 saturated heterocycles. The maximum absolute atomic E-state index is 14.7. The van der Waals surface area contributed by atoms with Crippen molar-refractivity contribution < 1.29 is 9.13 Å². The summed E-state index contributed by atoms with van der Waals surface area (Å²) in [6.07, 6.45) is 6.08. The second-order valence-electron chi connectivity index (χ2n) is 5.96. The average molecular weight is 362 g/mol. The number of aromatic nitrogens is 4. The molecule has 7 heteroatoms. The van der Waals surface area contributed by atoms with Gasteiger partial charge in [-0.2, -0.15) is 0 Å². The molecule has 0 bridgehead atoms. The number of halogens is 1. The Morgan fingerprint density at radius 1 is 1.07 bits per heavy atom. The molecule has 27 heavy (non-hydrogen) atoms. The predicted octanol–water partition coefficient (Wildman–Crippen LogP) is 3.05. The number of hydrogen-bond donors (Lipinski definition) is 0. The first kappa shape index (κ1) is 16.8. The minimum absolute atomic E-state index is 0.0931. The Kier molecular flexibility index (Phi) is 4.33. The van der Waals surface area contributed by atoms with E-state index in [0.29, 0.717) is 27.9 Å². The summed E-state index contributed by atoms with van der Waals surface area (Å²) in [4.78, 5) is 24.8. The van der Waals surface area contributed by atoms with Gasteiger partial charge in [-0.15, -0.1) is 0 Å². The zero-order chi connectivity index (χ0) is 18.8. The fourth-order valence-corrected chi connectivity index (χ4v) is 2.86. The van der Waals surface area contributed by atoms with Crippen LogP contribution >= 0.6 is 0 Å². The summed E-state index contributed by atoms with van der Waals surface area (Å²) in [6.45, 7) is 0.0931. The lowest BCUT2D eigenvalue weighted by molar-refractivity contribution is 0.398. The van der Waals surface area contributed by atoms with Crippen molar-refractivity contribution in [2.24, 2.45) is 0 Å². The number of ether oxygens (including phenoxy) is 1. The van der Waals surface area contributed by atoms with Crippen molar-refractivity contribution >= 4 is 10.9 Å². The van der Waals surface area contributed by atoms with Crippen molar-refractivity contribution in [1.29, 1.82) is 0 Å². The van der Waals surface area contributed by atoms with Crippen molar-refractivity contribution in [3.05, 3.63) is 83.1 Å². The Bertz CT molecular complexity index is 1190. The Hall–Kier alpha value is -3.61. The van der Waals surface area contributed by atoms with Crippen LogP contribution in [-0.4, -0.2) is 26.6 Å². The van der Waals surface area contributed by atoms with Gasteiger partial charge in [0.05, 0.1) is 37.1 Å². The number of nitrogens with zero attached hydrogens (tertiary/aromatic N) is 4. The fourth-order valence-electron chi connectivity index (χ4n) is 2.86. The molecule has 0 spiro atoms. The van der Waals surface area contributed by atoms with Crippen LogP contribution in [0.4, 0.5) is 4.39 Å². The molecule has 0 aliphatic carbocycles. The highest BCUT2D eigenvalue weighted by molar-refractivity contribution is 5.75. The van der Waals surface area contributed by atoms with Gasteiger partial charge in [0.25, 0.3) is 5.56 Å². The molecule has 3 aromatic heterocycles. The minimum Gasteiger partial charge on any atom is -0.481 e. The fraction of sp³-hybridized carbons (Fsp3) is 0.100. The molecule has 0 saturated carbocycles. The third-order valence-corrected chi connectivity index (χ3v) is 4.30. The zero-order valence-electron chi connectivity index (χ0n) is 14.5. The van der Waals surface area contributed by atoms with Gasteiger partial charge in [0.2, 0.25) is 5.88 Å². The number of pyridine rings is 2. The van der Waals surface area contributed by atoms with E-state index in [0.717, 1.165) is 5.56 Å². The first-order valence-corrected chi connectivity index (χ1v) is 8.24. The molecular weight excluding hydrogens is 347 g/mol. The molecule has 4 aromatic rings. The van der Waals surface area contributed by atoms with Crippen molar-refractivity contribution in [2.45, 2.75) is 6.54 Å². The standard InChI is InChI=1S/C20H15FN4O2/c1-27-19-9-14(4-7-23-19)13-2-3-15(17(21)8-13)11-25-12-24-18-10-22-6-5-16(18)20(25)26/h2-10,12H,11H2,1H3. The molecule has 0 N–H and O–H groups in total. The molecule has 0 atom stereocenters. The number of rotatable bonds is 4. The number of benzene rings is 1. The van der Waals surface area contributed by atoms with Gasteiger partial charge in [-0.05, 0) is 29.3 Å². The summed E-state index contributed by atoms with van der Waals surface area (Å²) < 4.78 is 21.1. The minimum atomic E-state index is -0.398. The van der Waals surface area contributed by atoms with E-state index in [1.165, 1.54) is 36.5 Å². The molecule has 4 rings (SSSR count). The van der Waals surface area contributed by atoms with Crippen molar-refractivity contribution in [3.63, 3.8) is 0 Å². The van der Waals surface area contributed by atoms with Crippen LogP contribution in [0, 0.1) is 5.82 Å². The van der Waals surface area contributed by atoms with Crippen molar-refractivity contribution in [1.82, 2.24) is 19.5 Å². The van der Waals surface area contributed by atoms with Gasteiger partial charge in [0.1, 0.15) is 5.82 Å². The maximum atomic E-state index is 14.7. The van der Waals surface area contributed by atoms with Crippen molar-refractivity contribution in [2.75, 3.05) is 7.11 Å². The van der Waals surface area contributed by atoms with E-state index in [1.54, 1.807) is 36.5 Å². The van der Waals surface area contributed by atoms with Gasteiger partial charge >= 0.3 is 0 Å². The monoisotopic (exact) mass is 362 g/mol. The van der Waals surface area contributed by atoms with Crippen LogP contribution in [0.5, 0.6) is 5.88 Å². The second-order valence-corrected chi connectivity index (χ2v) is 5.96. The molecule has 0 fully saturated rings. The van der Waals surface area contributed by atoms with Gasteiger partial charge in [0, 0.05) is 24.0 Å². The van der Waals surface area contributed by atoms with E-state index in [-0.39, 0.29) is 12.1 Å². The van der Waals surface area contributed by atoms with E-state index >= 15 is 0 Å². The summed E-state index contributed by atoms with van der Waals surface area (Å²) in [5.41, 5.74) is 2.18. The lowest BCUT2D eigenvalue weighted by atomic mass is 10.0. The molecular formula is C20H15FN4O2. The molecule has 0 amide bonds. The summed E-state index contributed by atoms with van der Waals surface area (Å²) in [5.74, 6) is 0.0604. The van der Waals surface area contributed by atoms with Crippen LogP contribution < -0.4 is 10.3 Å². The molecule has 1 aromatic carbocycles. The first-order chi connectivity index (χ1) is 13.2. The Morgan fingerprint density at radius 2 is 1.93 bits per heavy atom. The molecule has 0 aliphatic rings. The van der Waals surface area contributed by atoms with Crippen molar-refractivity contribution in [3.8, 4) is 17.0 Å². The maximum Gasteiger partial charge on any atom is 0.261 e. The van der Waals surface area contributed by atoms with E-state index in [2.05, 4.69) is 15.0 Å². The summed E-state index contributed by atoms with van der Waals surface area (Å²) in [5, 5.41) is 0.452. The highest BCUT2D eigenvalue weighted by Gasteiger charge is 2.10. The second kappa shape index (κ2) is 6.95. The van der Waals surface area contributed by atoms with E-state index < -0.39 is 5.82 Å². The normalized spacial score (nSPS) is 10.9. The molecule has 0 radical (unpaired) electrons. The van der Waals surface area contributed by atoms with E-state index in [4.69, 9.17) is 4.74 Å². The lowest BCUT2D eigenvalue weighted by Crippen LogP contribution is -2.21. The van der Waals surface area contributed by atoms with Gasteiger partial charge in [-0.25, -0.2) is 14.4 Å². The van der Waals surface area contributed by atoms with Gasteiger partial charge in [-0.1, -0.05) is 12.1 Å².